The van der Waals surface area contributed by atoms with Gasteiger partial charge in [-0.3, -0.25) is 5.10 Å². The molecular weight excluding hydrogens is 364 g/mol. The maximum Gasteiger partial charge on any atom is 0.586 e. The van der Waals surface area contributed by atoms with Crippen molar-refractivity contribution < 1.29 is 18.3 Å². The van der Waals surface area contributed by atoms with Crippen LogP contribution >= 0.6 is 0 Å². The van der Waals surface area contributed by atoms with Crippen LogP contribution in [0.5, 0.6) is 11.5 Å². The van der Waals surface area contributed by atoms with Gasteiger partial charge in [0.15, 0.2) is 11.5 Å². The van der Waals surface area contributed by atoms with E-state index in [1.165, 1.54) is 17.2 Å². The quantitative estimate of drug-likeness (QED) is 0.507. The molecule has 5 nitrogen and oxygen atoms in total. The number of aromatic nitrogens is 3. The molecule has 1 aliphatic heterocycles. The molecule has 1 aliphatic carbocycles. The van der Waals surface area contributed by atoms with Crippen molar-refractivity contribution in [1.82, 2.24) is 15.2 Å². The van der Waals surface area contributed by atoms with Crippen molar-refractivity contribution in [3.63, 3.8) is 0 Å². The minimum atomic E-state index is -3.62. The van der Waals surface area contributed by atoms with Crippen LogP contribution in [0.25, 0.3) is 33.1 Å². The molecule has 0 saturated carbocycles. The molecule has 0 unspecified atom stereocenters. The van der Waals surface area contributed by atoms with Crippen LogP contribution in [0.3, 0.4) is 0 Å². The van der Waals surface area contributed by atoms with E-state index in [4.69, 9.17) is 4.98 Å². The number of aromatic amines is 1. The highest BCUT2D eigenvalue weighted by Gasteiger charge is 2.43. The maximum absolute atomic E-state index is 13.4. The molecule has 0 saturated heterocycles. The largest absolute Gasteiger partial charge is 0.586 e. The number of hydrogen-bond acceptors (Lipinski definition) is 4. The molecule has 0 amide bonds. The lowest BCUT2D eigenvalue weighted by molar-refractivity contribution is -0.286. The molecule has 2 aliphatic rings. The van der Waals surface area contributed by atoms with E-state index in [1.807, 2.05) is 18.3 Å². The molecule has 3 heterocycles. The number of alkyl halides is 2. The molecular formula is C21H15F2N3O2. The molecule has 6 rings (SSSR count). The van der Waals surface area contributed by atoms with Gasteiger partial charge in [-0.25, -0.2) is 4.98 Å². The Labute approximate surface area is 158 Å². The monoisotopic (exact) mass is 379 g/mol. The number of hydrogen-bond donors (Lipinski definition) is 1. The van der Waals surface area contributed by atoms with Crippen molar-refractivity contribution in [1.29, 1.82) is 0 Å². The van der Waals surface area contributed by atoms with E-state index in [0.717, 1.165) is 58.7 Å². The molecule has 0 atom stereocenters. The van der Waals surface area contributed by atoms with Crippen molar-refractivity contribution in [2.45, 2.75) is 32.0 Å². The van der Waals surface area contributed by atoms with Crippen LogP contribution in [-0.2, 0) is 12.8 Å². The second kappa shape index (κ2) is 5.41. The fourth-order valence-electron chi connectivity index (χ4n) is 4.38. The number of aryl methyl sites for hydroxylation is 1. The maximum atomic E-state index is 13.4. The van der Waals surface area contributed by atoms with Crippen molar-refractivity contribution in [2.75, 3.05) is 0 Å². The lowest BCUT2D eigenvalue weighted by Crippen LogP contribution is -2.25. The van der Waals surface area contributed by atoms with Gasteiger partial charge in [0.05, 0.1) is 22.9 Å². The summed E-state index contributed by atoms with van der Waals surface area (Å²) in [5.74, 6) is 0.0859. The lowest BCUT2D eigenvalue weighted by atomic mass is 9.85. The highest BCUT2D eigenvalue weighted by molar-refractivity contribution is 6.07. The van der Waals surface area contributed by atoms with Gasteiger partial charge in [0, 0.05) is 16.3 Å². The molecule has 0 fully saturated rings. The van der Waals surface area contributed by atoms with Gasteiger partial charge in [-0.05, 0) is 67.1 Å². The first kappa shape index (κ1) is 15.8. The zero-order valence-corrected chi connectivity index (χ0v) is 14.8. The summed E-state index contributed by atoms with van der Waals surface area (Å²) >= 11 is 0. The third-order valence-corrected chi connectivity index (χ3v) is 5.56. The fourth-order valence-corrected chi connectivity index (χ4v) is 4.38. The Hall–Kier alpha value is -3.22. The third-order valence-electron chi connectivity index (χ3n) is 5.56. The Bertz CT molecular complexity index is 1270. The van der Waals surface area contributed by atoms with Gasteiger partial charge in [-0.1, -0.05) is 0 Å². The zero-order chi connectivity index (χ0) is 18.9. The number of nitrogens with zero attached hydrogens (tertiary/aromatic N) is 2. The van der Waals surface area contributed by atoms with E-state index < -0.39 is 6.29 Å². The summed E-state index contributed by atoms with van der Waals surface area (Å²) in [6.45, 7) is 0. The molecule has 0 radical (unpaired) electrons. The van der Waals surface area contributed by atoms with Crippen LogP contribution in [0.15, 0.2) is 36.5 Å². The number of nitrogens with one attached hydrogen (secondary N) is 1. The second-order valence-corrected chi connectivity index (χ2v) is 7.24. The smallest absolute Gasteiger partial charge is 0.395 e. The first-order valence-corrected chi connectivity index (χ1v) is 9.27. The number of fused-ring (bicyclic) bond motifs is 6. The van der Waals surface area contributed by atoms with E-state index >= 15 is 0 Å². The Balaban J connectivity index is 1.61. The summed E-state index contributed by atoms with van der Waals surface area (Å²) in [4.78, 5) is 4.92. The van der Waals surface area contributed by atoms with Crippen LogP contribution in [0, 0.1) is 0 Å². The van der Waals surface area contributed by atoms with Gasteiger partial charge in [0.2, 0.25) is 0 Å². The second-order valence-electron chi connectivity index (χ2n) is 7.24. The molecule has 140 valence electrons. The first-order chi connectivity index (χ1) is 13.6. The fraction of sp³-hybridized carbons (Fsp3) is 0.238. The summed E-state index contributed by atoms with van der Waals surface area (Å²) in [6, 6.07) is 8.83. The molecule has 0 spiro atoms. The summed E-state index contributed by atoms with van der Waals surface area (Å²) in [6.07, 6.45) is 2.30. The van der Waals surface area contributed by atoms with E-state index in [-0.39, 0.29) is 11.5 Å². The molecule has 2 aromatic carbocycles. The van der Waals surface area contributed by atoms with E-state index in [9.17, 15) is 8.78 Å². The molecule has 1 N–H and O–H groups in total. The summed E-state index contributed by atoms with van der Waals surface area (Å²) in [7, 11) is 0. The zero-order valence-electron chi connectivity index (χ0n) is 14.8. The minimum Gasteiger partial charge on any atom is -0.395 e. The topological polar surface area (TPSA) is 60.0 Å². The minimum absolute atomic E-state index is 0.0410. The van der Waals surface area contributed by atoms with Crippen molar-refractivity contribution >= 4 is 21.8 Å². The van der Waals surface area contributed by atoms with Crippen molar-refractivity contribution in [3.8, 4) is 22.8 Å². The van der Waals surface area contributed by atoms with Gasteiger partial charge in [0.1, 0.15) is 0 Å². The molecule has 2 aromatic heterocycles. The van der Waals surface area contributed by atoms with Crippen LogP contribution in [0.1, 0.15) is 24.0 Å². The van der Waals surface area contributed by atoms with Crippen LogP contribution in [0.2, 0.25) is 0 Å². The molecule has 28 heavy (non-hydrogen) atoms. The van der Waals surface area contributed by atoms with Crippen molar-refractivity contribution in [3.05, 3.63) is 47.7 Å². The molecule has 4 aromatic rings. The van der Waals surface area contributed by atoms with E-state index in [2.05, 4.69) is 19.7 Å². The average Bonchev–Trinajstić information content (AvgIpc) is 3.28. The number of pyridine rings is 1. The van der Waals surface area contributed by atoms with Gasteiger partial charge < -0.3 is 9.47 Å². The van der Waals surface area contributed by atoms with Crippen LogP contribution in [0.4, 0.5) is 8.78 Å². The normalized spacial score (nSPS) is 17.2. The van der Waals surface area contributed by atoms with Crippen molar-refractivity contribution in [2.24, 2.45) is 0 Å². The SMILES string of the molecule is FC1(F)Oc2ccc(-c3nc4ccc5[nH]ncc5c4c4c3CCCC4)cc2O1. The molecule has 7 heteroatoms. The Kier molecular flexibility index (Phi) is 3.05. The van der Waals surface area contributed by atoms with Crippen LogP contribution < -0.4 is 9.47 Å². The van der Waals surface area contributed by atoms with Crippen LogP contribution in [-0.4, -0.2) is 21.5 Å². The number of benzene rings is 2. The van der Waals surface area contributed by atoms with Gasteiger partial charge in [0.25, 0.3) is 0 Å². The van der Waals surface area contributed by atoms with E-state index in [0.29, 0.717) is 0 Å². The Morgan fingerprint density at radius 3 is 2.68 bits per heavy atom. The van der Waals surface area contributed by atoms with Gasteiger partial charge in [-0.15, -0.1) is 8.78 Å². The first-order valence-electron chi connectivity index (χ1n) is 9.27. The Morgan fingerprint density at radius 2 is 1.79 bits per heavy atom. The highest BCUT2D eigenvalue weighted by Crippen LogP contribution is 2.44. The average molecular weight is 379 g/mol. The number of halogens is 2. The summed E-state index contributed by atoms with van der Waals surface area (Å²) in [5.41, 5.74) is 5.91. The molecule has 0 bridgehead atoms. The Morgan fingerprint density at radius 1 is 0.964 bits per heavy atom. The van der Waals surface area contributed by atoms with E-state index in [1.54, 1.807) is 12.1 Å². The predicted molar refractivity (Wildman–Crippen MR) is 99.7 cm³/mol. The highest BCUT2D eigenvalue weighted by atomic mass is 19.3. The predicted octanol–water partition coefficient (Wildman–Crippen LogP) is 4.98. The lowest BCUT2D eigenvalue weighted by Gasteiger charge is -2.21. The van der Waals surface area contributed by atoms with Gasteiger partial charge >= 0.3 is 6.29 Å². The third kappa shape index (κ3) is 2.22. The van der Waals surface area contributed by atoms with Gasteiger partial charge in [-0.2, -0.15) is 5.10 Å². The number of ether oxygens (including phenoxy) is 2. The standard InChI is InChI=1S/C21H15F2N3O2/c22-21(23)27-17-8-5-11(9-18(17)28-21)20-13-4-2-1-3-12(13)19-14-10-24-26-15(14)6-7-16(19)25-20/h5-10H,1-4H2,(H,24,26). The number of H-pyrrole nitrogens is 1. The summed E-state index contributed by atoms with van der Waals surface area (Å²) in [5, 5.41) is 9.41. The summed E-state index contributed by atoms with van der Waals surface area (Å²) < 4.78 is 36.0. The number of rotatable bonds is 1.